The number of piperazine rings is 1. The quantitative estimate of drug-likeness (QED) is 0.314. The molecule has 9 nitrogen and oxygen atoms in total. The van der Waals surface area contributed by atoms with E-state index < -0.39 is 36.7 Å². The van der Waals surface area contributed by atoms with Crippen LogP contribution in [0.4, 0.5) is 13.6 Å². The van der Waals surface area contributed by atoms with E-state index in [2.05, 4.69) is 65.7 Å². The van der Waals surface area contributed by atoms with Gasteiger partial charge in [-0.2, -0.15) is 0 Å². The van der Waals surface area contributed by atoms with Gasteiger partial charge < -0.3 is 26.0 Å². The summed E-state index contributed by atoms with van der Waals surface area (Å²) < 4.78 is 32.3. The van der Waals surface area contributed by atoms with Crippen LogP contribution in [0.5, 0.6) is 0 Å². The highest BCUT2D eigenvalue weighted by atomic mass is 19.1. The molecule has 242 valence electrons. The number of aliphatic hydroxyl groups is 1. The highest BCUT2D eigenvalue weighted by Crippen LogP contribution is 2.42. The second-order valence-electron chi connectivity index (χ2n) is 14.2. The number of urea groups is 1. The second kappa shape index (κ2) is 13.0. The molecule has 0 aromatic heterocycles. The topological polar surface area (TPSA) is 95.1 Å². The first kappa shape index (κ1) is 31.4. The molecule has 43 heavy (non-hydrogen) atoms. The van der Waals surface area contributed by atoms with Crippen LogP contribution in [0.1, 0.15) is 52.9 Å². The number of carbonyl (C=O) groups excluding carboxylic acids is 1. The van der Waals surface area contributed by atoms with Crippen LogP contribution in [-0.4, -0.2) is 120 Å². The average molecular weight is 606 g/mol. The molecular weight excluding hydrogens is 552 g/mol. The van der Waals surface area contributed by atoms with E-state index in [-0.39, 0.29) is 60.5 Å². The van der Waals surface area contributed by atoms with Gasteiger partial charge in [0, 0.05) is 68.1 Å². The molecule has 6 rings (SSSR count). The summed E-state index contributed by atoms with van der Waals surface area (Å²) in [4.78, 5) is 20.6. The lowest BCUT2D eigenvalue weighted by molar-refractivity contribution is -0.103. The number of nitrogens with zero attached hydrogens (tertiary/aromatic N) is 3. The van der Waals surface area contributed by atoms with Crippen molar-refractivity contribution in [3.05, 3.63) is 24.8 Å². The van der Waals surface area contributed by atoms with Gasteiger partial charge in [-0.1, -0.05) is 32.6 Å². The molecule has 12 unspecified atom stereocenters. The lowest BCUT2D eigenvalue weighted by atomic mass is 9.71. The summed E-state index contributed by atoms with van der Waals surface area (Å²) in [5, 5.41) is 24.7. The van der Waals surface area contributed by atoms with Crippen molar-refractivity contribution in [3.8, 4) is 0 Å². The van der Waals surface area contributed by atoms with Gasteiger partial charge in [-0.25, -0.2) is 13.6 Å². The van der Waals surface area contributed by atoms with Crippen molar-refractivity contribution in [1.82, 2.24) is 36.0 Å². The molecule has 4 saturated heterocycles. The fourth-order valence-electron chi connectivity index (χ4n) is 9.33. The molecule has 5 N–H and O–H groups in total. The minimum Gasteiger partial charge on any atom is -0.375 e. The van der Waals surface area contributed by atoms with Crippen molar-refractivity contribution in [2.45, 2.75) is 114 Å². The lowest BCUT2D eigenvalue weighted by Gasteiger charge is -2.60. The molecule has 5 aliphatic heterocycles. The molecular formula is C32H53F2N7O2. The molecule has 0 aromatic carbocycles. The molecule has 0 spiro atoms. The van der Waals surface area contributed by atoms with E-state index in [1.54, 1.807) is 0 Å². The third-order valence-electron chi connectivity index (χ3n) is 11.4. The maximum atomic E-state index is 16.5. The number of fused-ring (bicyclic) bond motifs is 5. The van der Waals surface area contributed by atoms with E-state index in [0.717, 1.165) is 25.8 Å². The Kier molecular flexibility index (Phi) is 9.48. The van der Waals surface area contributed by atoms with Crippen molar-refractivity contribution in [2.24, 2.45) is 23.7 Å². The minimum absolute atomic E-state index is 0.0276. The molecule has 11 heteroatoms. The SMILES string of the molecule is C=CC(O)N1CCN(C2NC(=O)N3C4NC(C(F)CC42)C2C(F)CCCC2NC/C=C/C2CCNC(C(C)C)C23)[C@@H](C)C1. The molecule has 6 aliphatic rings. The fourth-order valence-corrected chi connectivity index (χ4v) is 9.33. The van der Waals surface area contributed by atoms with E-state index in [0.29, 0.717) is 32.6 Å². The lowest BCUT2D eigenvalue weighted by Crippen LogP contribution is -2.80. The van der Waals surface area contributed by atoms with Gasteiger partial charge in [0.1, 0.15) is 18.6 Å². The Morgan fingerprint density at radius 3 is 2.67 bits per heavy atom. The smallest absolute Gasteiger partial charge is 0.320 e. The number of rotatable bonds is 4. The number of hydrogen-bond acceptors (Lipinski definition) is 7. The second-order valence-corrected chi connectivity index (χ2v) is 14.2. The van der Waals surface area contributed by atoms with Gasteiger partial charge in [-0.15, -0.1) is 0 Å². The molecule has 0 aromatic rings. The molecule has 2 amide bonds. The summed E-state index contributed by atoms with van der Waals surface area (Å²) in [6.45, 7) is 13.6. The highest BCUT2D eigenvalue weighted by Gasteiger charge is 2.57. The van der Waals surface area contributed by atoms with Crippen molar-refractivity contribution in [2.75, 3.05) is 32.7 Å². The molecule has 5 fully saturated rings. The Morgan fingerprint density at radius 1 is 1.12 bits per heavy atom. The van der Waals surface area contributed by atoms with Crippen LogP contribution in [0, 0.1) is 23.7 Å². The van der Waals surface area contributed by atoms with E-state index >= 15 is 8.78 Å². The number of hydrogen-bond donors (Lipinski definition) is 5. The number of aliphatic hydroxyl groups excluding tert-OH is 1. The van der Waals surface area contributed by atoms with Gasteiger partial charge in [-0.05, 0) is 57.6 Å². The third-order valence-corrected chi connectivity index (χ3v) is 11.4. The van der Waals surface area contributed by atoms with Crippen LogP contribution < -0.4 is 21.3 Å². The number of amides is 2. The van der Waals surface area contributed by atoms with Gasteiger partial charge in [-0.3, -0.25) is 15.1 Å². The van der Waals surface area contributed by atoms with Gasteiger partial charge in [0.25, 0.3) is 0 Å². The van der Waals surface area contributed by atoms with Crippen LogP contribution in [-0.2, 0) is 0 Å². The van der Waals surface area contributed by atoms with Gasteiger partial charge in [0.15, 0.2) is 0 Å². The number of halogens is 2. The molecule has 13 atom stereocenters. The number of nitrogens with one attached hydrogen (secondary N) is 4. The Bertz CT molecular complexity index is 1030. The van der Waals surface area contributed by atoms with Crippen LogP contribution in [0.25, 0.3) is 0 Å². The molecule has 1 saturated carbocycles. The Hall–Kier alpha value is -1.63. The van der Waals surface area contributed by atoms with Crippen molar-refractivity contribution in [3.63, 3.8) is 0 Å². The maximum absolute atomic E-state index is 16.5. The van der Waals surface area contributed by atoms with Crippen molar-refractivity contribution >= 4 is 6.03 Å². The first-order valence-corrected chi connectivity index (χ1v) is 16.8. The van der Waals surface area contributed by atoms with E-state index in [1.807, 2.05) is 9.80 Å². The Balaban J connectivity index is 1.38. The predicted octanol–water partition coefficient (Wildman–Crippen LogP) is 2.16. The maximum Gasteiger partial charge on any atom is 0.320 e. The van der Waals surface area contributed by atoms with Gasteiger partial charge in [0.2, 0.25) is 0 Å². The first-order chi connectivity index (χ1) is 20.7. The van der Waals surface area contributed by atoms with Crippen molar-refractivity contribution < 1.29 is 18.7 Å². The normalized spacial score (nSPS) is 46.0. The van der Waals surface area contributed by atoms with Crippen LogP contribution in [0.2, 0.25) is 0 Å². The van der Waals surface area contributed by atoms with Crippen LogP contribution >= 0.6 is 0 Å². The zero-order valence-electron chi connectivity index (χ0n) is 26.0. The number of piperidine rings is 2. The van der Waals surface area contributed by atoms with Crippen LogP contribution in [0.15, 0.2) is 24.8 Å². The zero-order chi connectivity index (χ0) is 30.4. The number of carbonyl (C=O) groups is 1. The molecule has 1 aliphatic carbocycles. The Morgan fingerprint density at radius 2 is 1.93 bits per heavy atom. The summed E-state index contributed by atoms with van der Waals surface area (Å²) in [6.07, 6.45) is 5.36. The zero-order valence-corrected chi connectivity index (χ0v) is 26.0. The van der Waals surface area contributed by atoms with E-state index in [4.69, 9.17) is 0 Å². The summed E-state index contributed by atoms with van der Waals surface area (Å²) in [5.74, 6) is -0.281. The van der Waals surface area contributed by atoms with Crippen LogP contribution in [0.3, 0.4) is 0 Å². The molecule has 0 radical (unpaired) electrons. The first-order valence-electron chi connectivity index (χ1n) is 16.8. The standard InChI is InChI=1S/C32H53F2N7O2/c1-5-25(42)39-14-15-40(19(4)17-39)30-21-16-23(34)28-26-22(33)9-6-10-24(26)35-12-7-8-20-11-13-36-27(18(2)3)29(20)41(31(21)37-28)32(43)38-30/h5,7-8,18-31,35-37,42H,1,6,9-17H2,2-4H3,(H,38,43)/b8-7+/t19-,20?,21?,22?,23?,24?,25?,26?,27?,28?,29?,30?,31?/m0/s1. The average Bonchev–Trinajstić information content (AvgIpc) is 2.98. The highest BCUT2D eigenvalue weighted by molar-refractivity contribution is 5.76. The molecule has 2 bridgehead atoms. The van der Waals surface area contributed by atoms with Crippen molar-refractivity contribution in [1.29, 1.82) is 0 Å². The summed E-state index contributed by atoms with van der Waals surface area (Å²) >= 11 is 0. The van der Waals surface area contributed by atoms with E-state index in [9.17, 15) is 9.90 Å². The third kappa shape index (κ3) is 5.90. The molecule has 5 heterocycles. The summed E-state index contributed by atoms with van der Waals surface area (Å²) in [6, 6.07) is -0.943. The van der Waals surface area contributed by atoms with E-state index in [1.165, 1.54) is 6.08 Å². The predicted molar refractivity (Wildman–Crippen MR) is 164 cm³/mol. The minimum atomic E-state index is -1.23. The number of alkyl halides is 2. The van der Waals surface area contributed by atoms with Gasteiger partial charge >= 0.3 is 6.03 Å². The van der Waals surface area contributed by atoms with Gasteiger partial charge in [0.05, 0.1) is 18.4 Å². The largest absolute Gasteiger partial charge is 0.375 e. The fraction of sp³-hybridized carbons (Fsp3) is 0.844. The Labute approximate surface area is 255 Å². The monoisotopic (exact) mass is 605 g/mol. The summed E-state index contributed by atoms with van der Waals surface area (Å²) in [7, 11) is 0. The summed E-state index contributed by atoms with van der Waals surface area (Å²) in [5.41, 5.74) is 0.